The van der Waals surface area contributed by atoms with E-state index in [1.54, 1.807) is 12.4 Å². The highest BCUT2D eigenvalue weighted by Crippen LogP contribution is 2.48. The first-order valence-corrected chi connectivity index (χ1v) is 10.4. The second kappa shape index (κ2) is 6.41. The van der Waals surface area contributed by atoms with Crippen molar-refractivity contribution in [3.05, 3.63) is 42.4 Å². The highest BCUT2D eigenvalue weighted by molar-refractivity contribution is 6.02. The first-order chi connectivity index (χ1) is 15.1. The van der Waals surface area contributed by atoms with Gasteiger partial charge in [0, 0.05) is 30.2 Å². The molecule has 4 aromatic rings. The summed E-state index contributed by atoms with van der Waals surface area (Å²) in [6.07, 6.45) is 7.29. The van der Waals surface area contributed by atoms with Crippen molar-refractivity contribution >= 4 is 33.6 Å². The van der Waals surface area contributed by atoms with E-state index in [2.05, 4.69) is 15.3 Å². The third-order valence-corrected chi connectivity index (χ3v) is 6.15. The summed E-state index contributed by atoms with van der Waals surface area (Å²) in [6.45, 7) is 0. The van der Waals surface area contributed by atoms with Crippen LogP contribution >= 0.6 is 0 Å². The van der Waals surface area contributed by atoms with Crippen molar-refractivity contribution in [1.29, 1.82) is 0 Å². The number of amides is 1. The highest BCUT2D eigenvalue weighted by atomic mass is 16.5. The molecule has 2 fully saturated rings. The average Bonchev–Trinajstić information content (AvgIpc) is 3.70. The van der Waals surface area contributed by atoms with Crippen LogP contribution in [-0.4, -0.2) is 34.0 Å². The number of rotatable bonds is 6. The van der Waals surface area contributed by atoms with Crippen molar-refractivity contribution in [2.24, 2.45) is 5.73 Å². The molecule has 0 spiro atoms. The number of primary amides is 1. The number of ether oxygens (including phenoxy) is 1. The number of aromatic nitrogens is 3. The number of para-hydroxylation sites is 1. The normalized spacial score (nSPS) is 17.1. The molecule has 8 nitrogen and oxygen atoms in total. The van der Waals surface area contributed by atoms with Gasteiger partial charge in [-0.15, -0.1) is 0 Å². The molecule has 31 heavy (non-hydrogen) atoms. The Balaban J connectivity index is 1.54. The number of fused-ring (bicyclic) bond motifs is 2. The molecule has 3 aromatic heterocycles. The van der Waals surface area contributed by atoms with Gasteiger partial charge < -0.3 is 20.2 Å². The zero-order valence-corrected chi connectivity index (χ0v) is 17.0. The quantitative estimate of drug-likeness (QED) is 0.495. The number of hydrogen-bond donors (Lipinski definition) is 2. The molecule has 6 rings (SSSR count). The molecule has 156 valence electrons. The van der Waals surface area contributed by atoms with Crippen molar-refractivity contribution < 1.29 is 13.9 Å². The Kier molecular flexibility index (Phi) is 3.74. The maximum atomic E-state index is 12.1. The standard InChI is InChI=1S/C23H21N5O3/c1-25-20-14-10-26-18(23(7-8-23)22(24)29)9-13(14)15(11-27-20)21-28-19-16(30-12-5-6-12)3-2-4-17(19)31-21/h2-4,9-12H,5-8H2,1H3,(H2,24,29)(H,25,27). The van der Waals surface area contributed by atoms with E-state index in [0.29, 0.717) is 41.3 Å². The number of hydrogen-bond acceptors (Lipinski definition) is 7. The largest absolute Gasteiger partial charge is 0.488 e. The Labute approximate surface area is 177 Å². The van der Waals surface area contributed by atoms with E-state index in [0.717, 1.165) is 34.9 Å². The van der Waals surface area contributed by atoms with Gasteiger partial charge in [-0.3, -0.25) is 9.78 Å². The lowest BCUT2D eigenvalue weighted by Gasteiger charge is -2.13. The fraction of sp³-hybridized carbons (Fsp3) is 0.304. The SMILES string of the molecule is CNc1ncc(-c2nc3c(OC4CC4)cccc3o2)c2cc(C3(C(N)=O)CC3)ncc12. The van der Waals surface area contributed by atoms with Crippen LogP contribution in [0, 0.1) is 0 Å². The molecule has 8 heteroatoms. The first-order valence-electron chi connectivity index (χ1n) is 10.4. The molecule has 0 bridgehead atoms. The van der Waals surface area contributed by atoms with Gasteiger partial charge in [0.1, 0.15) is 11.6 Å². The summed E-state index contributed by atoms with van der Waals surface area (Å²) in [4.78, 5) is 25.9. The molecule has 0 unspecified atom stereocenters. The van der Waals surface area contributed by atoms with Crippen LogP contribution in [0.5, 0.6) is 5.75 Å². The summed E-state index contributed by atoms with van der Waals surface area (Å²) in [5.74, 6) is 1.53. The summed E-state index contributed by atoms with van der Waals surface area (Å²) in [7, 11) is 1.81. The molecular weight excluding hydrogens is 394 g/mol. The molecule has 0 radical (unpaired) electrons. The van der Waals surface area contributed by atoms with Gasteiger partial charge in [0.05, 0.1) is 22.8 Å². The Bertz CT molecular complexity index is 1350. The van der Waals surface area contributed by atoms with Crippen LogP contribution in [0.15, 0.2) is 41.1 Å². The molecule has 2 saturated carbocycles. The van der Waals surface area contributed by atoms with Gasteiger partial charge >= 0.3 is 0 Å². The van der Waals surface area contributed by atoms with E-state index in [-0.39, 0.29) is 12.0 Å². The molecule has 2 aliphatic rings. The predicted molar refractivity (Wildman–Crippen MR) is 116 cm³/mol. The van der Waals surface area contributed by atoms with Crippen molar-refractivity contribution in [2.75, 3.05) is 12.4 Å². The molecule has 1 amide bonds. The van der Waals surface area contributed by atoms with Gasteiger partial charge in [0.25, 0.3) is 0 Å². The Morgan fingerprint density at radius 2 is 2.06 bits per heavy atom. The van der Waals surface area contributed by atoms with Gasteiger partial charge in [-0.05, 0) is 43.9 Å². The van der Waals surface area contributed by atoms with Crippen LogP contribution in [-0.2, 0) is 10.2 Å². The highest BCUT2D eigenvalue weighted by Gasteiger charge is 2.51. The summed E-state index contributed by atoms with van der Waals surface area (Å²) in [5, 5.41) is 4.77. The molecule has 0 aliphatic heterocycles. The molecule has 1 aromatic carbocycles. The number of benzene rings is 1. The molecule has 2 aliphatic carbocycles. The zero-order chi connectivity index (χ0) is 21.2. The maximum Gasteiger partial charge on any atom is 0.229 e. The molecule has 0 atom stereocenters. The van der Waals surface area contributed by atoms with Crippen molar-refractivity contribution in [2.45, 2.75) is 37.2 Å². The first kappa shape index (κ1) is 18.1. The van der Waals surface area contributed by atoms with Gasteiger partial charge in [0.2, 0.25) is 11.8 Å². The van der Waals surface area contributed by atoms with E-state index in [1.165, 1.54) is 0 Å². The number of pyridine rings is 2. The Hall–Kier alpha value is -3.68. The minimum atomic E-state index is -0.679. The van der Waals surface area contributed by atoms with Crippen LogP contribution < -0.4 is 15.8 Å². The number of oxazole rings is 1. The second-order valence-corrected chi connectivity index (χ2v) is 8.27. The molecular formula is C23H21N5O3. The van der Waals surface area contributed by atoms with E-state index >= 15 is 0 Å². The molecule has 0 saturated heterocycles. The number of nitrogens with zero attached hydrogens (tertiary/aromatic N) is 3. The van der Waals surface area contributed by atoms with Gasteiger partial charge in [-0.25, -0.2) is 9.97 Å². The van der Waals surface area contributed by atoms with Crippen LogP contribution in [0.2, 0.25) is 0 Å². The third-order valence-electron chi connectivity index (χ3n) is 6.15. The summed E-state index contributed by atoms with van der Waals surface area (Å²) in [5.41, 5.74) is 7.75. The number of carbonyl (C=O) groups excluding carboxylic acids is 1. The second-order valence-electron chi connectivity index (χ2n) is 8.27. The van der Waals surface area contributed by atoms with Crippen molar-refractivity contribution in [1.82, 2.24) is 15.0 Å². The summed E-state index contributed by atoms with van der Waals surface area (Å²) < 4.78 is 12.1. The molecule has 3 heterocycles. The topological polar surface area (TPSA) is 116 Å². The third kappa shape index (κ3) is 2.82. The fourth-order valence-corrected chi connectivity index (χ4v) is 4.02. The van der Waals surface area contributed by atoms with Crippen LogP contribution in [0.4, 0.5) is 5.82 Å². The lowest BCUT2D eigenvalue weighted by Crippen LogP contribution is -2.29. The Morgan fingerprint density at radius 3 is 2.77 bits per heavy atom. The van der Waals surface area contributed by atoms with Crippen LogP contribution in [0.3, 0.4) is 0 Å². The number of anilines is 1. The summed E-state index contributed by atoms with van der Waals surface area (Å²) >= 11 is 0. The minimum absolute atomic E-state index is 0.264. The zero-order valence-electron chi connectivity index (χ0n) is 17.0. The lowest BCUT2D eigenvalue weighted by molar-refractivity contribution is -0.120. The van der Waals surface area contributed by atoms with Gasteiger partial charge in [-0.2, -0.15) is 0 Å². The Morgan fingerprint density at radius 1 is 1.23 bits per heavy atom. The lowest BCUT2D eigenvalue weighted by atomic mass is 9.98. The van der Waals surface area contributed by atoms with Crippen LogP contribution in [0.25, 0.3) is 33.3 Å². The molecule has 3 N–H and O–H groups in total. The van der Waals surface area contributed by atoms with Gasteiger partial charge in [-0.1, -0.05) is 6.07 Å². The summed E-state index contributed by atoms with van der Waals surface area (Å²) in [6, 6.07) is 7.62. The van der Waals surface area contributed by atoms with E-state index in [9.17, 15) is 4.79 Å². The number of nitrogens with two attached hydrogens (primary N) is 1. The average molecular weight is 415 g/mol. The van der Waals surface area contributed by atoms with Gasteiger partial charge in [0.15, 0.2) is 11.1 Å². The number of nitrogens with one attached hydrogen (secondary N) is 1. The minimum Gasteiger partial charge on any atom is -0.488 e. The van der Waals surface area contributed by atoms with Crippen molar-refractivity contribution in [3.63, 3.8) is 0 Å². The fourth-order valence-electron chi connectivity index (χ4n) is 4.02. The van der Waals surface area contributed by atoms with E-state index in [4.69, 9.17) is 19.9 Å². The predicted octanol–water partition coefficient (Wildman–Crippen LogP) is 3.54. The monoisotopic (exact) mass is 415 g/mol. The van der Waals surface area contributed by atoms with Crippen LogP contribution in [0.1, 0.15) is 31.4 Å². The maximum absolute atomic E-state index is 12.1. The van der Waals surface area contributed by atoms with Crippen molar-refractivity contribution in [3.8, 4) is 17.2 Å². The smallest absolute Gasteiger partial charge is 0.229 e. The number of carbonyl (C=O) groups is 1. The van der Waals surface area contributed by atoms with E-state index < -0.39 is 5.41 Å². The van der Waals surface area contributed by atoms with E-state index in [1.807, 2.05) is 31.3 Å².